The van der Waals surface area contributed by atoms with Crippen LogP contribution in [0.4, 0.5) is 4.39 Å². The summed E-state index contributed by atoms with van der Waals surface area (Å²) in [7, 11) is 0. The molecule has 0 amide bonds. The third-order valence-electron chi connectivity index (χ3n) is 2.11. The van der Waals surface area contributed by atoms with E-state index in [2.05, 4.69) is 9.97 Å². The highest BCUT2D eigenvalue weighted by atomic mass is 32.2. The Hall–Kier alpha value is -1.95. The molecule has 2 rings (SSSR count). The van der Waals surface area contributed by atoms with Crippen LogP contribution >= 0.6 is 11.8 Å². The molecule has 1 aromatic carbocycles. The van der Waals surface area contributed by atoms with Crippen LogP contribution in [0.5, 0.6) is 0 Å². The highest BCUT2D eigenvalue weighted by Crippen LogP contribution is 2.25. The lowest BCUT2D eigenvalue weighted by atomic mass is 10.3. The summed E-state index contributed by atoms with van der Waals surface area (Å²) in [6, 6.07) is 7.82. The van der Waals surface area contributed by atoms with Gasteiger partial charge in [0.2, 0.25) is 0 Å². The van der Waals surface area contributed by atoms with Gasteiger partial charge in [-0.15, -0.1) is 0 Å². The van der Waals surface area contributed by atoms with E-state index < -0.39 is 0 Å². The van der Waals surface area contributed by atoms with Crippen LogP contribution < -0.4 is 5.73 Å². The highest BCUT2D eigenvalue weighted by Gasteiger charge is 2.06. The van der Waals surface area contributed by atoms with Crippen LogP contribution in [0.1, 0.15) is 11.4 Å². The number of nitrogens with zero attached hydrogens (tertiary/aromatic N) is 2. The molecule has 0 unspecified atom stereocenters. The van der Waals surface area contributed by atoms with Crippen LogP contribution in [0.15, 0.2) is 40.4 Å². The molecule has 0 saturated heterocycles. The molecule has 0 aliphatic heterocycles. The summed E-state index contributed by atoms with van der Waals surface area (Å²) in [6.07, 6.45) is 0. The number of aromatic nitrogens is 2. The number of nitrogens with one attached hydrogen (secondary N) is 1. The van der Waals surface area contributed by atoms with E-state index in [-0.39, 0.29) is 11.7 Å². The summed E-state index contributed by atoms with van der Waals surface area (Å²) in [5, 5.41) is 7.81. The van der Waals surface area contributed by atoms with E-state index in [1.165, 1.54) is 23.9 Å². The number of rotatable bonds is 3. The predicted molar refractivity (Wildman–Crippen MR) is 68.3 cm³/mol. The predicted octanol–water partition coefficient (Wildman–Crippen LogP) is 2.36. The minimum absolute atomic E-state index is 0.110. The van der Waals surface area contributed by atoms with Gasteiger partial charge in [-0.3, -0.25) is 5.41 Å². The maximum Gasteiger partial charge on any atom is 0.193 e. The Morgan fingerprint density at radius 2 is 2.11 bits per heavy atom. The van der Waals surface area contributed by atoms with E-state index in [1.54, 1.807) is 25.1 Å². The van der Waals surface area contributed by atoms with Gasteiger partial charge in [0.1, 0.15) is 17.3 Å². The molecule has 92 valence electrons. The van der Waals surface area contributed by atoms with Crippen molar-refractivity contribution in [1.82, 2.24) is 9.97 Å². The average Bonchev–Trinajstić information content (AvgIpc) is 2.28. The van der Waals surface area contributed by atoms with Crippen LogP contribution in [0.3, 0.4) is 0 Å². The Labute approximate surface area is 108 Å². The fraction of sp³-hybridized carbons (Fsp3) is 0.0833. The zero-order valence-corrected chi connectivity index (χ0v) is 10.5. The van der Waals surface area contributed by atoms with E-state index >= 15 is 0 Å². The second-order valence-corrected chi connectivity index (χ2v) is 4.69. The van der Waals surface area contributed by atoms with Gasteiger partial charge in [0, 0.05) is 10.6 Å². The lowest BCUT2D eigenvalue weighted by Gasteiger charge is -2.04. The number of nitrogens with two attached hydrogens (primary N) is 1. The number of amidine groups is 1. The second kappa shape index (κ2) is 5.14. The Morgan fingerprint density at radius 1 is 1.33 bits per heavy atom. The molecule has 4 nitrogen and oxygen atoms in total. The number of halogens is 1. The fourth-order valence-corrected chi connectivity index (χ4v) is 2.22. The van der Waals surface area contributed by atoms with Gasteiger partial charge in [0.15, 0.2) is 5.16 Å². The van der Waals surface area contributed by atoms with E-state index in [9.17, 15) is 4.39 Å². The SMILES string of the molecule is Cc1cc(C(=N)N)nc(Sc2cccc(F)c2)n1. The number of nitrogen functional groups attached to an aromatic ring is 1. The molecule has 0 aliphatic carbocycles. The molecule has 0 aliphatic rings. The van der Waals surface area contributed by atoms with Gasteiger partial charge in [-0.05, 0) is 43.0 Å². The molecule has 0 radical (unpaired) electrons. The Bertz CT molecular complexity index is 600. The summed E-state index contributed by atoms with van der Waals surface area (Å²) < 4.78 is 13.0. The minimum Gasteiger partial charge on any atom is -0.382 e. The molecule has 0 spiro atoms. The quantitative estimate of drug-likeness (QED) is 0.506. The molecule has 6 heteroatoms. The van der Waals surface area contributed by atoms with Crippen molar-refractivity contribution in [3.8, 4) is 0 Å². The number of hydrogen-bond donors (Lipinski definition) is 2. The van der Waals surface area contributed by atoms with E-state index in [0.29, 0.717) is 21.4 Å². The molecule has 3 N–H and O–H groups in total. The standard InChI is InChI=1S/C12H11FN4S/c1-7-5-10(11(14)15)17-12(16-7)18-9-4-2-3-8(13)6-9/h2-6H,1H3,(H3,14,15). The zero-order chi connectivity index (χ0) is 13.1. The Kier molecular flexibility index (Phi) is 3.57. The van der Waals surface area contributed by atoms with Crippen LogP contribution in [0.25, 0.3) is 0 Å². The van der Waals surface area contributed by atoms with E-state index in [1.807, 2.05) is 0 Å². The van der Waals surface area contributed by atoms with Gasteiger partial charge in [-0.1, -0.05) is 6.07 Å². The summed E-state index contributed by atoms with van der Waals surface area (Å²) >= 11 is 1.23. The second-order valence-electron chi connectivity index (χ2n) is 3.65. The number of hydrogen-bond acceptors (Lipinski definition) is 4. The van der Waals surface area contributed by atoms with Crippen molar-refractivity contribution in [1.29, 1.82) is 5.41 Å². The topological polar surface area (TPSA) is 75.7 Å². The van der Waals surface area contributed by atoms with Crippen molar-refractivity contribution in [3.63, 3.8) is 0 Å². The van der Waals surface area contributed by atoms with E-state index in [4.69, 9.17) is 11.1 Å². The van der Waals surface area contributed by atoms with Crippen LogP contribution in [-0.4, -0.2) is 15.8 Å². The molecular formula is C12H11FN4S. The van der Waals surface area contributed by atoms with Crippen molar-refractivity contribution in [2.45, 2.75) is 17.0 Å². The Morgan fingerprint density at radius 3 is 2.78 bits per heavy atom. The van der Waals surface area contributed by atoms with Gasteiger partial charge in [-0.25, -0.2) is 14.4 Å². The van der Waals surface area contributed by atoms with Crippen molar-refractivity contribution < 1.29 is 4.39 Å². The highest BCUT2D eigenvalue weighted by molar-refractivity contribution is 7.99. The smallest absolute Gasteiger partial charge is 0.193 e. The molecule has 18 heavy (non-hydrogen) atoms. The number of aryl methyl sites for hydroxylation is 1. The fourth-order valence-electron chi connectivity index (χ4n) is 1.36. The van der Waals surface area contributed by atoms with Gasteiger partial charge in [0.25, 0.3) is 0 Å². The molecule has 0 fully saturated rings. The van der Waals surface area contributed by atoms with Crippen LogP contribution in [-0.2, 0) is 0 Å². The van der Waals surface area contributed by atoms with Crippen molar-refractivity contribution in [3.05, 3.63) is 47.5 Å². The van der Waals surface area contributed by atoms with Gasteiger partial charge >= 0.3 is 0 Å². The molecule has 1 heterocycles. The number of benzene rings is 1. The van der Waals surface area contributed by atoms with Crippen LogP contribution in [0.2, 0.25) is 0 Å². The lowest BCUT2D eigenvalue weighted by Crippen LogP contribution is -2.14. The molecule has 0 saturated carbocycles. The molecule has 0 bridgehead atoms. The van der Waals surface area contributed by atoms with Gasteiger partial charge < -0.3 is 5.73 Å². The average molecular weight is 262 g/mol. The zero-order valence-electron chi connectivity index (χ0n) is 9.64. The molecule has 2 aromatic rings. The van der Waals surface area contributed by atoms with Gasteiger partial charge in [-0.2, -0.15) is 0 Å². The van der Waals surface area contributed by atoms with Crippen molar-refractivity contribution in [2.75, 3.05) is 0 Å². The molecule has 1 aromatic heterocycles. The first kappa shape index (κ1) is 12.5. The first-order chi connectivity index (χ1) is 8.54. The third-order valence-corrected chi connectivity index (χ3v) is 2.97. The maximum atomic E-state index is 13.0. The summed E-state index contributed by atoms with van der Waals surface area (Å²) in [5.74, 6) is -0.416. The summed E-state index contributed by atoms with van der Waals surface area (Å²) in [4.78, 5) is 9.06. The van der Waals surface area contributed by atoms with E-state index in [0.717, 1.165) is 0 Å². The minimum atomic E-state index is -0.306. The Balaban J connectivity index is 2.31. The molecular weight excluding hydrogens is 251 g/mol. The summed E-state index contributed by atoms with van der Waals surface area (Å²) in [6.45, 7) is 1.80. The third kappa shape index (κ3) is 3.04. The first-order valence-electron chi connectivity index (χ1n) is 5.18. The monoisotopic (exact) mass is 262 g/mol. The van der Waals surface area contributed by atoms with Crippen LogP contribution in [0, 0.1) is 18.2 Å². The largest absolute Gasteiger partial charge is 0.382 e. The van der Waals surface area contributed by atoms with Crippen molar-refractivity contribution in [2.24, 2.45) is 5.73 Å². The maximum absolute atomic E-state index is 13.0. The van der Waals surface area contributed by atoms with Gasteiger partial charge in [0.05, 0.1) is 0 Å². The first-order valence-corrected chi connectivity index (χ1v) is 6.00. The molecule has 0 atom stereocenters. The lowest BCUT2D eigenvalue weighted by molar-refractivity contribution is 0.624. The summed E-state index contributed by atoms with van der Waals surface area (Å²) in [5.41, 5.74) is 6.49. The van der Waals surface area contributed by atoms with Crippen molar-refractivity contribution >= 4 is 17.6 Å². The normalized spacial score (nSPS) is 10.3.